The van der Waals surface area contributed by atoms with E-state index in [0.29, 0.717) is 12.8 Å². The number of hydrogen-bond acceptors (Lipinski definition) is 4. The van der Waals surface area contributed by atoms with Crippen LogP contribution in [0.15, 0.2) is 85.0 Å². The van der Waals surface area contributed by atoms with Gasteiger partial charge in [-0.05, 0) is 57.0 Å². The molecule has 6 heteroatoms. The van der Waals surface area contributed by atoms with Gasteiger partial charge < -0.3 is 9.47 Å². The fraction of sp³-hybridized carbons (Fsp3) is 0.471. The minimum absolute atomic E-state index is 0.0564. The molecule has 4 nitrogen and oxygen atoms in total. The first kappa shape index (κ1) is 31.8. The molecule has 2 atom stereocenters. The van der Waals surface area contributed by atoms with E-state index in [0.717, 1.165) is 18.5 Å². The summed E-state index contributed by atoms with van der Waals surface area (Å²) in [5.41, 5.74) is -1.24. The topological polar surface area (TPSA) is 52.6 Å². The Morgan fingerprint density at radius 3 is 1.60 bits per heavy atom. The molecule has 0 radical (unpaired) electrons. The molecular formula is C34H48O4Si2. The maximum atomic E-state index is 13.3. The van der Waals surface area contributed by atoms with Gasteiger partial charge in [0.05, 0.1) is 29.4 Å². The van der Waals surface area contributed by atoms with E-state index in [-0.39, 0.29) is 25.0 Å². The van der Waals surface area contributed by atoms with Crippen molar-refractivity contribution in [2.24, 2.45) is 17.3 Å². The molecular weight excluding hydrogens is 529 g/mol. The van der Waals surface area contributed by atoms with Crippen LogP contribution in [0, 0.1) is 17.3 Å². The summed E-state index contributed by atoms with van der Waals surface area (Å²) in [4.78, 5) is 26.5. The quantitative estimate of drug-likeness (QED) is 0.120. The van der Waals surface area contributed by atoms with Gasteiger partial charge >= 0.3 is 11.9 Å². The fourth-order valence-corrected chi connectivity index (χ4v) is 9.93. The molecule has 2 aromatic carbocycles. The van der Waals surface area contributed by atoms with Gasteiger partial charge in [0.15, 0.2) is 5.41 Å². The van der Waals surface area contributed by atoms with Crippen LogP contribution in [0.25, 0.3) is 0 Å². The van der Waals surface area contributed by atoms with Crippen molar-refractivity contribution in [3.8, 4) is 0 Å². The van der Waals surface area contributed by atoms with Gasteiger partial charge in [-0.2, -0.15) is 0 Å². The van der Waals surface area contributed by atoms with Gasteiger partial charge in [0.25, 0.3) is 0 Å². The second-order valence-corrected chi connectivity index (χ2v) is 21.9. The van der Waals surface area contributed by atoms with Crippen LogP contribution in [0.5, 0.6) is 0 Å². The van der Waals surface area contributed by atoms with Gasteiger partial charge in [0.1, 0.15) is 0 Å². The predicted molar refractivity (Wildman–Crippen MR) is 172 cm³/mol. The van der Waals surface area contributed by atoms with Gasteiger partial charge in [0.2, 0.25) is 0 Å². The zero-order chi connectivity index (χ0) is 29.2. The summed E-state index contributed by atoms with van der Waals surface area (Å²) in [7, 11) is -3.27. The zero-order valence-corrected chi connectivity index (χ0v) is 27.3. The number of esters is 2. The van der Waals surface area contributed by atoms with E-state index in [1.54, 1.807) is 13.8 Å². The van der Waals surface area contributed by atoms with E-state index in [2.05, 4.69) is 111 Å². The molecule has 3 rings (SSSR count). The maximum Gasteiger partial charge on any atom is 0.323 e. The lowest BCUT2D eigenvalue weighted by Gasteiger charge is -2.39. The average molecular weight is 577 g/mol. The number of allylic oxidation sites excluding steroid dienone is 4. The lowest BCUT2D eigenvalue weighted by molar-refractivity contribution is -0.176. The van der Waals surface area contributed by atoms with Crippen molar-refractivity contribution in [1.29, 1.82) is 0 Å². The van der Waals surface area contributed by atoms with E-state index in [1.165, 1.54) is 10.4 Å². The first-order chi connectivity index (χ1) is 19.1. The first-order valence-electron chi connectivity index (χ1n) is 14.8. The van der Waals surface area contributed by atoms with Gasteiger partial charge in [0, 0.05) is 0 Å². The summed E-state index contributed by atoms with van der Waals surface area (Å²) >= 11 is 0. The van der Waals surface area contributed by atoms with Crippen LogP contribution in [0.2, 0.25) is 38.3 Å². The van der Waals surface area contributed by atoms with Crippen molar-refractivity contribution in [2.45, 2.75) is 71.4 Å². The molecule has 1 fully saturated rings. The van der Waals surface area contributed by atoms with Crippen molar-refractivity contribution in [3.05, 3.63) is 85.0 Å². The molecule has 0 N–H and O–H groups in total. The van der Waals surface area contributed by atoms with Crippen LogP contribution in [0.3, 0.4) is 0 Å². The molecule has 0 aliphatic heterocycles. The SMILES string of the molecule is CCOC(=O)C1(C(=O)OCC)CC[C@@H](/C=C/C[Si](C)(C)c2ccccc2)[C@H](/C=C/C[Si](C)(C)c2ccccc2)C1. The second-order valence-electron chi connectivity index (χ2n) is 12.4. The highest BCUT2D eigenvalue weighted by atomic mass is 28.3. The number of carbonyl (C=O) groups excluding carboxylic acids is 2. The van der Waals surface area contributed by atoms with Gasteiger partial charge in [-0.25, -0.2) is 0 Å². The Kier molecular flexibility index (Phi) is 11.3. The van der Waals surface area contributed by atoms with Gasteiger partial charge in [-0.1, -0.05) is 122 Å². The molecule has 0 bridgehead atoms. The average Bonchev–Trinajstić information content (AvgIpc) is 2.94. The Balaban J connectivity index is 1.86. The Hall–Kier alpha value is -2.71. The fourth-order valence-electron chi connectivity index (χ4n) is 5.81. The van der Waals surface area contributed by atoms with Crippen molar-refractivity contribution >= 4 is 38.5 Å². The zero-order valence-electron chi connectivity index (χ0n) is 25.3. The molecule has 2 aromatic rings. The Morgan fingerprint density at radius 1 is 0.750 bits per heavy atom. The highest BCUT2D eigenvalue weighted by Crippen LogP contribution is 2.46. The minimum Gasteiger partial charge on any atom is -0.465 e. The number of carbonyl (C=O) groups is 2. The molecule has 0 aromatic heterocycles. The third kappa shape index (κ3) is 7.94. The summed E-state index contributed by atoms with van der Waals surface area (Å²) in [6.45, 7) is 13.7. The molecule has 1 aliphatic carbocycles. The number of benzene rings is 2. The molecule has 1 saturated carbocycles. The predicted octanol–water partition coefficient (Wildman–Crippen LogP) is 6.86. The maximum absolute atomic E-state index is 13.3. The smallest absolute Gasteiger partial charge is 0.323 e. The van der Waals surface area contributed by atoms with Crippen molar-refractivity contribution in [3.63, 3.8) is 0 Å². The van der Waals surface area contributed by atoms with Crippen LogP contribution in [-0.2, 0) is 19.1 Å². The second kappa shape index (κ2) is 14.3. The molecule has 40 heavy (non-hydrogen) atoms. The Bertz CT molecular complexity index is 1140. The van der Waals surface area contributed by atoms with E-state index < -0.39 is 33.5 Å². The highest BCUT2D eigenvalue weighted by Gasteiger charge is 2.53. The third-order valence-corrected chi connectivity index (χ3v) is 14.8. The molecule has 1 aliphatic rings. The van der Waals surface area contributed by atoms with E-state index in [4.69, 9.17) is 9.47 Å². The van der Waals surface area contributed by atoms with Crippen molar-refractivity contribution in [1.82, 2.24) is 0 Å². The first-order valence-corrected chi connectivity index (χ1v) is 21.3. The number of rotatable bonds is 12. The summed E-state index contributed by atoms with van der Waals surface area (Å²) < 4.78 is 10.9. The standard InChI is InChI=1S/C34H48O4Si2/c1-7-37-32(35)34(33(36)38-8-2)24-23-28(17-15-25-39(3,4)30-19-11-9-12-20-30)29(27-34)18-16-26-40(5,6)31-21-13-10-14-22-31/h9-22,28-29H,7-8,23-27H2,1-6H3/b17-15+,18-16+/t28-,29-/m1/s1. The van der Waals surface area contributed by atoms with Crippen LogP contribution >= 0.6 is 0 Å². The Labute approximate surface area is 243 Å². The normalized spacial score (nSPS) is 19.6. The summed E-state index contributed by atoms with van der Waals surface area (Å²) in [6, 6.07) is 23.6. The van der Waals surface area contributed by atoms with Crippen molar-refractivity contribution in [2.75, 3.05) is 13.2 Å². The third-order valence-electron chi connectivity index (χ3n) is 8.50. The van der Waals surface area contributed by atoms with Crippen LogP contribution < -0.4 is 10.4 Å². The number of hydrogen-bond donors (Lipinski definition) is 0. The summed E-state index contributed by atoms with van der Waals surface area (Å²) in [5.74, 6) is -0.562. The van der Waals surface area contributed by atoms with Crippen molar-refractivity contribution < 1.29 is 19.1 Å². The summed E-state index contributed by atoms with van der Waals surface area (Å²) in [6.07, 6.45) is 10.9. The monoisotopic (exact) mass is 576 g/mol. The lowest BCUT2D eigenvalue weighted by atomic mass is 9.65. The molecule has 0 amide bonds. The van der Waals surface area contributed by atoms with Crippen LogP contribution in [0.4, 0.5) is 0 Å². The van der Waals surface area contributed by atoms with Crippen LogP contribution in [-0.4, -0.2) is 41.3 Å². The molecule has 216 valence electrons. The van der Waals surface area contributed by atoms with E-state index in [1.807, 2.05) is 0 Å². The van der Waals surface area contributed by atoms with Gasteiger partial charge in [-0.15, -0.1) is 0 Å². The molecule has 0 unspecified atom stereocenters. The van der Waals surface area contributed by atoms with Crippen LogP contribution in [0.1, 0.15) is 33.1 Å². The molecule has 0 heterocycles. The molecule has 0 spiro atoms. The number of ether oxygens (including phenoxy) is 2. The van der Waals surface area contributed by atoms with Gasteiger partial charge in [-0.3, -0.25) is 9.59 Å². The van der Waals surface area contributed by atoms with E-state index in [9.17, 15) is 9.59 Å². The summed E-state index contributed by atoms with van der Waals surface area (Å²) in [5, 5.41) is 2.89. The highest BCUT2D eigenvalue weighted by molar-refractivity contribution is 6.90. The Morgan fingerprint density at radius 2 is 1.18 bits per heavy atom. The largest absolute Gasteiger partial charge is 0.465 e. The van der Waals surface area contributed by atoms with E-state index >= 15 is 0 Å². The lowest BCUT2D eigenvalue weighted by Crippen LogP contribution is -2.47. The molecule has 0 saturated heterocycles. The minimum atomic E-state index is -1.66.